The zero-order chi connectivity index (χ0) is 25.0. The summed E-state index contributed by atoms with van der Waals surface area (Å²) in [5.74, 6) is 0. The van der Waals surface area contributed by atoms with Crippen LogP contribution in [0.25, 0.3) is 0 Å². The Morgan fingerprint density at radius 3 is 0.267 bits per heavy atom. The molecule has 0 amide bonds. The van der Waals surface area contributed by atoms with E-state index >= 15 is 0 Å². The smallest absolute Gasteiger partial charge is 0.356 e. The van der Waals surface area contributed by atoms with Gasteiger partial charge in [-0.1, -0.05) is 0 Å². The van der Waals surface area contributed by atoms with Crippen molar-refractivity contribution in [3.8, 4) is 0 Å². The molecule has 172 valence electrons. The van der Waals surface area contributed by atoms with E-state index in [1.165, 1.54) is 0 Å². The van der Waals surface area contributed by atoms with E-state index in [4.69, 9.17) is 107 Å². The number of nitrogens with zero attached hydrogens (tertiary/aromatic N) is 7. The zero-order valence-corrected chi connectivity index (χ0v) is 15.0. The molecule has 0 aliphatic heterocycles. The van der Waals surface area contributed by atoms with Gasteiger partial charge in [0.05, 0.1) is 35.6 Å². The monoisotopic (exact) mass is 599 g/mol. The van der Waals surface area contributed by atoms with Crippen LogP contribution in [0.2, 0.25) is 0 Å². The SMILES string of the molecule is O=[N+]([O-])[O-].O=[N+]([O-])[O-].O=[N+]([O-])[O-].O=[N+]([O-])[O-].O=[N+]([O-])[O-].O=[N+]([O-])[O-].O=[N+]([O-])[O-].[C+4].[Eu+3]. The fourth-order valence-corrected chi connectivity index (χ4v) is 0. The summed E-state index contributed by atoms with van der Waals surface area (Å²) >= 11 is 0. The van der Waals surface area contributed by atoms with E-state index in [0.717, 1.165) is 0 Å². The largest absolute Gasteiger partial charge is 4.00 e. The Balaban J connectivity index is -0.0000000242. The average Bonchev–Trinajstić information content (AvgIpc) is 2.20. The van der Waals surface area contributed by atoms with Crippen LogP contribution >= 0.6 is 0 Å². The predicted molar refractivity (Wildman–Crippen MR) is 75.8 cm³/mol. The van der Waals surface area contributed by atoms with E-state index in [9.17, 15) is 0 Å². The Hall–Kier alpha value is -4.02. The fraction of sp³-hybridized carbons (Fsp3) is 0. The second-order valence-electron chi connectivity index (χ2n) is 1.57. The summed E-state index contributed by atoms with van der Waals surface area (Å²) in [4.78, 5) is 57.8. The number of hydrogen-bond acceptors (Lipinski definition) is 21. The molecule has 0 saturated carbocycles. The van der Waals surface area contributed by atoms with Crippen molar-refractivity contribution in [3.63, 3.8) is 0 Å². The van der Waals surface area contributed by atoms with E-state index in [2.05, 4.69) is 0 Å². The van der Waals surface area contributed by atoms with Gasteiger partial charge in [0, 0.05) is 0 Å². The van der Waals surface area contributed by atoms with Crippen LogP contribution in [0.15, 0.2) is 0 Å². The van der Waals surface area contributed by atoms with Crippen LogP contribution in [0.5, 0.6) is 0 Å². The Kier molecular flexibility index (Phi) is 93.4. The molecule has 0 aromatic rings. The van der Waals surface area contributed by atoms with E-state index in [0.29, 0.717) is 0 Å². The van der Waals surface area contributed by atoms with Crippen LogP contribution < -0.4 is 0 Å². The summed E-state index contributed by atoms with van der Waals surface area (Å²) < 4.78 is 0. The molecule has 0 aromatic carbocycles. The zero-order valence-electron chi connectivity index (χ0n) is 12.6. The molecule has 0 unspecified atom stereocenters. The van der Waals surface area contributed by atoms with Crippen molar-refractivity contribution in [1.29, 1.82) is 0 Å². The normalized spacial score (nSPS) is 5.60. The first-order chi connectivity index (χ1) is 12.1. The van der Waals surface area contributed by atoms with Gasteiger partial charge in [0.15, 0.2) is 0 Å². The molecule has 0 radical (unpaired) electrons. The van der Waals surface area contributed by atoms with Crippen molar-refractivity contribution in [2.24, 2.45) is 0 Å². The molecule has 0 aromatic heterocycles. The molecular formula is CEuN7O21. The molecule has 0 N–H and O–H groups in total. The van der Waals surface area contributed by atoms with Gasteiger partial charge in [-0.15, -0.1) is 0 Å². The minimum Gasteiger partial charge on any atom is -0.356 e. The molecule has 0 saturated heterocycles. The summed E-state index contributed by atoms with van der Waals surface area (Å²) in [5.41, 5.74) is 0. The summed E-state index contributed by atoms with van der Waals surface area (Å²) in [5, 5.41) is 103. The first-order valence-electron chi connectivity index (χ1n) is 3.83. The summed E-state index contributed by atoms with van der Waals surface area (Å²) in [7, 11) is 0. The standard InChI is InChI=1S/C.Eu.7NO3/c;;7*2-1(3)4/q+4;+3;7*-1. The molecule has 30 heavy (non-hydrogen) atoms. The maximum absolute atomic E-state index is 8.25. The molecule has 0 spiro atoms. The first kappa shape index (κ1) is 56.2. The van der Waals surface area contributed by atoms with Crippen LogP contribution in [0, 0.1) is 164 Å². The van der Waals surface area contributed by atoms with Crippen molar-refractivity contribution in [2.45, 2.75) is 0 Å². The van der Waals surface area contributed by atoms with E-state index in [1.807, 2.05) is 0 Å². The van der Waals surface area contributed by atoms with Gasteiger partial charge in [-0.25, -0.2) is 0 Å². The van der Waals surface area contributed by atoms with Crippen LogP contribution in [-0.2, 0) is 0 Å². The van der Waals surface area contributed by atoms with Gasteiger partial charge in [0.1, 0.15) is 0 Å². The van der Waals surface area contributed by atoms with Gasteiger partial charge >= 0.3 is 56.8 Å². The van der Waals surface area contributed by atoms with Crippen molar-refractivity contribution < 1.29 is 85.0 Å². The molecule has 0 rings (SSSR count). The second kappa shape index (κ2) is 49.8. The van der Waals surface area contributed by atoms with E-state index in [-0.39, 0.29) is 56.8 Å². The molecule has 0 heterocycles. The second-order valence-corrected chi connectivity index (χ2v) is 1.57. The van der Waals surface area contributed by atoms with Crippen molar-refractivity contribution in [2.75, 3.05) is 0 Å². The van der Waals surface area contributed by atoms with Crippen LogP contribution in [-0.4, -0.2) is 35.6 Å². The minimum atomic E-state index is -1.75. The number of hydrogen-bond donors (Lipinski definition) is 0. The number of rotatable bonds is 0. The van der Waals surface area contributed by atoms with Gasteiger partial charge in [-0.05, 0) is 0 Å². The quantitative estimate of drug-likeness (QED) is 0.224. The summed E-state index contributed by atoms with van der Waals surface area (Å²) in [6.45, 7) is 0. The van der Waals surface area contributed by atoms with Gasteiger partial charge in [0.25, 0.3) is 0 Å². The molecular weight excluding hydrogens is 598 g/mol. The van der Waals surface area contributed by atoms with Crippen LogP contribution in [0.4, 0.5) is 0 Å². The van der Waals surface area contributed by atoms with Gasteiger partial charge in [-0.3, -0.25) is 0 Å². The molecule has 0 atom stereocenters. The third-order valence-corrected chi connectivity index (χ3v) is 0. The maximum Gasteiger partial charge on any atom is 4.00 e. The topological polar surface area (TPSA) is 463 Å². The van der Waals surface area contributed by atoms with Crippen molar-refractivity contribution >= 4 is 0 Å². The predicted octanol–water partition coefficient (Wildman–Crippen LogP) is -1.59. The molecule has 0 aliphatic carbocycles. The molecule has 0 bridgehead atoms. The molecule has 0 aliphatic rings. The Labute approximate surface area is 199 Å². The first-order valence-corrected chi connectivity index (χ1v) is 3.83. The van der Waals surface area contributed by atoms with Gasteiger partial charge < -0.3 is 107 Å². The Bertz CT molecular complexity index is 314. The van der Waals surface area contributed by atoms with Gasteiger partial charge in [-0.2, -0.15) is 0 Å². The molecule has 0 fully saturated rings. The van der Waals surface area contributed by atoms with Gasteiger partial charge in [0.2, 0.25) is 0 Å². The Morgan fingerprint density at radius 2 is 0.267 bits per heavy atom. The molecule has 29 heteroatoms. The summed E-state index contributed by atoms with van der Waals surface area (Å²) in [6.07, 6.45) is 0. The Morgan fingerprint density at radius 1 is 0.267 bits per heavy atom. The average molecular weight is 598 g/mol. The van der Waals surface area contributed by atoms with E-state index < -0.39 is 35.6 Å². The van der Waals surface area contributed by atoms with Crippen molar-refractivity contribution in [3.05, 3.63) is 115 Å². The summed E-state index contributed by atoms with van der Waals surface area (Å²) in [6, 6.07) is 0. The minimum absolute atomic E-state index is 0. The maximum atomic E-state index is 8.25. The fourth-order valence-electron chi connectivity index (χ4n) is 0. The third-order valence-electron chi connectivity index (χ3n) is 0. The third kappa shape index (κ3) is 786. The van der Waals surface area contributed by atoms with E-state index in [1.54, 1.807) is 0 Å². The molecule has 28 nitrogen and oxygen atoms in total. The van der Waals surface area contributed by atoms with Crippen molar-refractivity contribution in [1.82, 2.24) is 0 Å². The van der Waals surface area contributed by atoms with Crippen LogP contribution in [0.3, 0.4) is 0 Å². The van der Waals surface area contributed by atoms with Crippen LogP contribution in [0.1, 0.15) is 0 Å².